The Labute approximate surface area is 75.5 Å². The fraction of sp³-hybridized carbons (Fsp3) is 0.818. The van der Waals surface area contributed by atoms with Crippen molar-refractivity contribution >= 4 is 0 Å². The van der Waals surface area contributed by atoms with E-state index in [4.69, 9.17) is 0 Å². The SMILES string of the molecule is CC1=C(C)C[C@@](C)(CO)[C@@H](C)C1. The predicted molar refractivity (Wildman–Crippen MR) is 52.0 cm³/mol. The van der Waals surface area contributed by atoms with Gasteiger partial charge in [0.1, 0.15) is 0 Å². The number of hydrogen-bond donors (Lipinski definition) is 1. The van der Waals surface area contributed by atoms with Gasteiger partial charge in [-0.1, -0.05) is 25.0 Å². The Hall–Kier alpha value is -0.300. The molecule has 0 heterocycles. The number of rotatable bonds is 1. The van der Waals surface area contributed by atoms with E-state index < -0.39 is 0 Å². The van der Waals surface area contributed by atoms with Gasteiger partial charge in [-0.25, -0.2) is 0 Å². The van der Waals surface area contributed by atoms with Crippen LogP contribution < -0.4 is 0 Å². The zero-order valence-electron chi connectivity index (χ0n) is 8.65. The summed E-state index contributed by atoms with van der Waals surface area (Å²) in [5.74, 6) is 0.617. The van der Waals surface area contributed by atoms with Gasteiger partial charge in [0.2, 0.25) is 0 Å². The number of aliphatic hydroxyl groups is 1. The normalized spacial score (nSPS) is 37.2. The molecule has 0 amide bonds. The molecule has 0 unspecified atom stereocenters. The smallest absolute Gasteiger partial charge is 0.0490 e. The molecule has 1 aliphatic carbocycles. The average Bonchev–Trinajstić information content (AvgIpc) is 2.01. The molecule has 0 radical (unpaired) electrons. The largest absolute Gasteiger partial charge is 0.396 e. The fourth-order valence-electron chi connectivity index (χ4n) is 2.02. The van der Waals surface area contributed by atoms with Crippen LogP contribution in [0.15, 0.2) is 11.1 Å². The summed E-state index contributed by atoms with van der Waals surface area (Å²) in [6, 6.07) is 0. The van der Waals surface area contributed by atoms with Gasteiger partial charge in [0.15, 0.2) is 0 Å². The second-order valence-electron chi connectivity index (χ2n) is 4.65. The van der Waals surface area contributed by atoms with Crippen LogP contribution in [0.1, 0.15) is 40.5 Å². The van der Waals surface area contributed by atoms with Crippen LogP contribution in [0.5, 0.6) is 0 Å². The molecule has 12 heavy (non-hydrogen) atoms. The lowest BCUT2D eigenvalue weighted by Gasteiger charge is -2.39. The van der Waals surface area contributed by atoms with E-state index in [2.05, 4.69) is 27.7 Å². The van der Waals surface area contributed by atoms with Crippen LogP contribution in [0.4, 0.5) is 0 Å². The molecule has 0 aromatic heterocycles. The van der Waals surface area contributed by atoms with Crippen LogP contribution in [0.2, 0.25) is 0 Å². The lowest BCUT2D eigenvalue weighted by atomic mass is 9.67. The molecular weight excluding hydrogens is 148 g/mol. The second kappa shape index (κ2) is 3.21. The first-order valence-corrected chi connectivity index (χ1v) is 4.75. The summed E-state index contributed by atoms with van der Waals surface area (Å²) in [6.07, 6.45) is 2.22. The highest BCUT2D eigenvalue weighted by atomic mass is 16.3. The van der Waals surface area contributed by atoms with Crippen LogP contribution in [0.25, 0.3) is 0 Å². The maximum absolute atomic E-state index is 9.30. The molecule has 70 valence electrons. The Bertz CT molecular complexity index is 205. The van der Waals surface area contributed by atoms with E-state index in [9.17, 15) is 5.11 Å². The number of aliphatic hydroxyl groups excluding tert-OH is 1. The third-order valence-electron chi connectivity index (χ3n) is 3.56. The molecule has 0 aliphatic heterocycles. The van der Waals surface area contributed by atoms with Gasteiger partial charge in [0.25, 0.3) is 0 Å². The van der Waals surface area contributed by atoms with Crippen molar-refractivity contribution < 1.29 is 5.11 Å². The summed E-state index contributed by atoms with van der Waals surface area (Å²) in [6.45, 7) is 9.15. The summed E-state index contributed by atoms with van der Waals surface area (Å²) < 4.78 is 0. The molecule has 1 N–H and O–H groups in total. The Kier molecular flexibility index (Phi) is 2.62. The van der Waals surface area contributed by atoms with E-state index in [0.717, 1.165) is 12.8 Å². The molecule has 1 heteroatoms. The molecule has 0 fully saturated rings. The third kappa shape index (κ3) is 1.56. The fourth-order valence-corrected chi connectivity index (χ4v) is 2.02. The van der Waals surface area contributed by atoms with Gasteiger partial charge in [-0.05, 0) is 38.0 Å². The van der Waals surface area contributed by atoms with Crippen molar-refractivity contribution in [2.45, 2.75) is 40.5 Å². The van der Waals surface area contributed by atoms with Crippen LogP contribution in [-0.4, -0.2) is 11.7 Å². The standard InChI is InChI=1S/C11H20O/c1-8-5-10(3)11(4,7-12)6-9(8)2/h10,12H,5-7H2,1-4H3/t10-,11-/m0/s1. The monoisotopic (exact) mass is 168 g/mol. The Balaban J connectivity index is 2.85. The van der Waals surface area contributed by atoms with Crippen LogP contribution in [0.3, 0.4) is 0 Å². The van der Waals surface area contributed by atoms with Crippen molar-refractivity contribution in [2.24, 2.45) is 11.3 Å². The van der Waals surface area contributed by atoms with E-state index in [0.29, 0.717) is 12.5 Å². The highest BCUT2D eigenvalue weighted by molar-refractivity contribution is 5.17. The average molecular weight is 168 g/mol. The zero-order chi connectivity index (χ0) is 9.35. The molecule has 0 bridgehead atoms. The van der Waals surface area contributed by atoms with E-state index in [-0.39, 0.29) is 5.41 Å². The Morgan fingerprint density at radius 1 is 1.42 bits per heavy atom. The molecule has 0 saturated heterocycles. The third-order valence-corrected chi connectivity index (χ3v) is 3.56. The predicted octanol–water partition coefficient (Wildman–Crippen LogP) is 2.75. The van der Waals surface area contributed by atoms with Crippen molar-refractivity contribution in [3.63, 3.8) is 0 Å². The van der Waals surface area contributed by atoms with Crippen molar-refractivity contribution in [2.75, 3.05) is 6.61 Å². The molecule has 0 aromatic rings. The van der Waals surface area contributed by atoms with Crippen molar-refractivity contribution in [3.05, 3.63) is 11.1 Å². The van der Waals surface area contributed by atoms with Crippen LogP contribution in [0, 0.1) is 11.3 Å². The maximum atomic E-state index is 9.30. The van der Waals surface area contributed by atoms with Crippen LogP contribution in [-0.2, 0) is 0 Å². The van der Waals surface area contributed by atoms with E-state index in [1.165, 1.54) is 11.1 Å². The van der Waals surface area contributed by atoms with E-state index in [1.807, 2.05) is 0 Å². The minimum atomic E-state index is 0.129. The zero-order valence-corrected chi connectivity index (χ0v) is 8.65. The molecular formula is C11H20O. The molecule has 0 spiro atoms. The summed E-state index contributed by atoms with van der Waals surface area (Å²) in [5.41, 5.74) is 3.13. The number of hydrogen-bond acceptors (Lipinski definition) is 1. The van der Waals surface area contributed by atoms with Gasteiger partial charge in [-0.2, -0.15) is 0 Å². The topological polar surface area (TPSA) is 20.2 Å². The van der Waals surface area contributed by atoms with E-state index in [1.54, 1.807) is 0 Å². The second-order valence-corrected chi connectivity index (χ2v) is 4.65. The van der Waals surface area contributed by atoms with Gasteiger partial charge in [-0.3, -0.25) is 0 Å². The van der Waals surface area contributed by atoms with Gasteiger partial charge in [0.05, 0.1) is 0 Å². The molecule has 1 aliphatic rings. The number of allylic oxidation sites excluding steroid dienone is 2. The van der Waals surface area contributed by atoms with Gasteiger partial charge in [-0.15, -0.1) is 0 Å². The molecule has 1 rings (SSSR count). The van der Waals surface area contributed by atoms with E-state index >= 15 is 0 Å². The quantitative estimate of drug-likeness (QED) is 0.597. The minimum Gasteiger partial charge on any atom is -0.396 e. The molecule has 0 saturated carbocycles. The van der Waals surface area contributed by atoms with Crippen molar-refractivity contribution in [3.8, 4) is 0 Å². The molecule has 2 atom stereocenters. The lowest BCUT2D eigenvalue weighted by molar-refractivity contribution is 0.0788. The first kappa shape index (κ1) is 9.79. The lowest BCUT2D eigenvalue weighted by Crippen LogP contribution is -2.33. The molecule has 1 nitrogen and oxygen atoms in total. The van der Waals surface area contributed by atoms with Crippen LogP contribution >= 0.6 is 0 Å². The summed E-state index contributed by atoms with van der Waals surface area (Å²) in [7, 11) is 0. The summed E-state index contributed by atoms with van der Waals surface area (Å²) in [5, 5.41) is 9.30. The minimum absolute atomic E-state index is 0.129. The Morgan fingerprint density at radius 2 is 2.00 bits per heavy atom. The van der Waals surface area contributed by atoms with Gasteiger partial charge < -0.3 is 5.11 Å². The van der Waals surface area contributed by atoms with Crippen molar-refractivity contribution in [1.29, 1.82) is 0 Å². The Morgan fingerprint density at radius 3 is 2.50 bits per heavy atom. The van der Waals surface area contributed by atoms with Gasteiger partial charge in [0, 0.05) is 6.61 Å². The highest BCUT2D eigenvalue weighted by Crippen LogP contribution is 2.42. The van der Waals surface area contributed by atoms with Gasteiger partial charge >= 0.3 is 0 Å². The maximum Gasteiger partial charge on any atom is 0.0490 e. The summed E-state index contributed by atoms with van der Waals surface area (Å²) >= 11 is 0. The summed E-state index contributed by atoms with van der Waals surface area (Å²) in [4.78, 5) is 0. The first-order chi connectivity index (χ1) is 5.49. The van der Waals surface area contributed by atoms with Crippen molar-refractivity contribution in [1.82, 2.24) is 0 Å². The highest BCUT2D eigenvalue weighted by Gasteiger charge is 2.34. The first-order valence-electron chi connectivity index (χ1n) is 4.75. The molecule has 0 aromatic carbocycles.